The lowest BCUT2D eigenvalue weighted by atomic mass is 10.1. The summed E-state index contributed by atoms with van der Waals surface area (Å²) in [7, 11) is 0. The number of benzene rings is 1. The normalized spacial score (nSPS) is 14.8. The summed E-state index contributed by atoms with van der Waals surface area (Å²) in [6.07, 6.45) is 0. The van der Waals surface area contributed by atoms with Crippen molar-refractivity contribution in [1.29, 1.82) is 0 Å². The third-order valence-electron chi connectivity index (χ3n) is 5.25. The molecule has 2 aromatic heterocycles. The molecule has 1 saturated heterocycles. The summed E-state index contributed by atoms with van der Waals surface area (Å²) in [5, 5.41) is 5.55. The Morgan fingerprint density at radius 1 is 1.03 bits per heavy atom. The van der Waals surface area contributed by atoms with E-state index in [2.05, 4.69) is 15.0 Å². The molecule has 0 unspecified atom stereocenters. The van der Waals surface area contributed by atoms with E-state index in [9.17, 15) is 9.18 Å². The Bertz CT molecular complexity index is 1050. The summed E-state index contributed by atoms with van der Waals surface area (Å²) in [6.45, 7) is 10.4. The average Bonchev–Trinajstić information content (AvgIpc) is 3.03. The number of rotatable bonds is 3. The molecule has 0 radical (unpaired) electrons. The van der Waals surface area contributed by atoms with Gasteiger partial charge in [-0.2, -0.15) is 5.10 Å². The molecular weight excluding hydrogens is 371 g/mol. The van der Waals surface area contributed by atoms with Gasteiger partial charge in [0.2, 0.25) is 5.91 Å². The monoisotopic (exact) mass is 396 g/mol. The molecule has 1 fully saturated rings. The van der Waals surface area contributed by atoms with Gasteiger partial charge in [0.15, 0.2) is 5.65 Å². The first kappa shape index (κ1) is 19.3. The van der Waals surface area contributed by atoms with Crippen LogP contribution in [-0.4, -0.2) is 56.7 Å². The van der Waals surface area contributed by atoms with Crippen molar-refractivity contribution in [3.8, 4) is 5.69 Å². The molecule has 1 aliphatic heterocycles. The highest BCUT2D eigenvalue weighted by Gasteiger charge is 2.26. The molecule has 0 spiro atoms. The van der Waals surface area contributed by atoms with Gasteiger partial charge in [0, 0.05) is 32.1 Å². The van der Waals surface area contributed by atoms with Gasteiger partial charge in [-0.3, -0.25) is 4.79 Å². The Labute approximate surface area is 169 Å². The zero-order valence-electron chi connectivity index (χ0n) is 17.2. The minimum atomic E-state index is -0.290. The summed E-state index contributed by atoms with van der Waals surface area (Å²) in [5.41, 5.74) is 2.28. The number of hydrogen-bond acceptors (Lipinski definition) is 5. The Morgan fingerprint density at radius 2 is 1.69 bits per heavy atom. The van der Waals surface area contributed by atoms with Crippen LogP contribution >= 0.6 is 0 Å². The first-order valence-corrected chi connectivity index (χ1v) is 9.89. The zero-order valence-corrected chi connectivity index (χ0v) is 17.2. The quantitative estimate of drug-likeness (QED) is 0.681. The number of halogens is 1. The summed E-state index contributed by atoms with van der Waals surface area (Å²) >= 11 is 0. The molecule has 0 saturated carbocycles. The van der Waals surface area contributed by atoms with Crippen LogP contribution < -0.4 is 4.90 Å². The zero-order chi connectivity index (χ0) is 20.7. The number of aryl methyl sites for hydroxylation is 2. The number of nitrogens with zero attached hydrogens (tertiary/aromatic N) is 6. The van der Waals surface area contributed by atoms with Crippen LogP contribution in [0.1, 0.15) is 25.4 Å². The van der Waals surface area contributed by atoms with E-state index in [1.165, 1.54) is 12.1 Å². The number of aromatic nitrogens is 4. The molecule has 4 rings (SSSR count). The molecule has 7 nitrogen and oxygen atoms in total. The van der Waals surface area contributed by atoms with Crippen LogP contribution in [-0.2, 0) is 4.79 Å². The van der Waals surface area contributed by atoms with E-state index in [1.807, 2.05) is 32.6 Å². The molecule has 1 aromatic carbocycles. The second kappa shape index (κ2) is 7.42. The van der Waals surface area contributed by atoms with E-state index in [0.29, 0.717) is 37.7 Å². The van der Waals surface area contributed by atoms with Crippen LogP contribution in [0.5, 0.6) is 0 Å². The van der Waals surface area contributed by atoms with Crippen molar-refractivity contribution in [1.82, 2.24) is 24.6 Å². The van der Waals surface area contributed by atoms with Gasteiger partial charge in [-0.15, -0.1) is 0 Å². The van der Waals surface area contributed by atoms with Gasteiger partial charge in [-0.1, -0.05) is 13.8 Å². The fourth-order valence-electron chi connectivity index (χ4n) is 3.76. The van der Waals surface area contributed by atoms with Gasteiger partial charge in [0.05, 0.1) is 16.8 Å². The van der Waals surface area contributed by atoms with E-state index in [-0.39, 0.29) is 17.6 Å². The fraction of sp³-hybridized carbons (Fsp3) is 0.429. The predicted molar refractivity (Wildman–Crippen MR) is 110 cm³/mol. The van der Waals surface area contributed by atoms with Gasteiger partial charge >= 0.3 is 0 Å². The van der Waals surface area contributed by atoms with E-state index in [4.69, 9.17) is 4.98 Å². The lowest BCUT2D eigenvalue weighted by Crippen LogP contribution is -2.50. The van der Waals surface area contributed by atoms with Crippen LogP contribution in [0.2, 0.25) is 0 Å². The number of hydrogen-bond donors (Lipinski definition) is 0. The molecule has 1 amide bonds. The maximum absolute atomic E-state index is 13.3. The molecular formula is C21H25FN6O. The van der Waals surface area contributed by atoms with Gasteiger partial charge in [0.25, 0.3) is 0 Å². The summed E-state index contributed by atoms with van der Waals surface area (Å²) in [5.74, 6) is 1.40. The predicted octanol–water partition coefficient (Wildman–Crippen LogP) is 2.88. The van der Waals surface area contributed by atoms with Crippen molar-refractivity contribution in [2.24, 2.45) is 5.92 Å². The summed E-state index contributed by atoms with van der Waals surface area (Å²) < 4.78 is 15.1. The highest BCUT2D eigenvalue weighted by Crippen LogP contribution is 2.29. The van der Waals surface area contributed by atoms with Gasteiger partial charge in [-0.25, -0.2) is 19.0 Å². The highest BCUT2D eigenvalue weighted by molar-refractivity contribution is 5.91. The summed E-state index contributed by atoms with van der Waals surface area (Å²) in [6, 6.07) is 6.21. The lowest BCUT2D eigenvalue weighted by molar-refractivity contribution is -0.134. The molecule has 0 atom stereocenters. The lowest BCUT2D eigenvalue weighted by Gasteiger charge is -2.36. The second-order valence-corrected chi connectivity index (χ2v) is 7.73. The topological polar surface area (TPSA) is 67.2 Å². The average molecular weight is 396 g/mol. The first-order valence-electron chi connectivity index (χ1n) is 9.89. The number of anilines is 1. The smallest absolute Gasteiger partial charge is 0.225 e. The number of carbonyl (C=O) groups is 1. The van der Waals surface area contributed by atoms with E-state index in [1.54, 1.807) is 16.8 Å². The largest absolute Gasteiger partial charge is 0.352 e. The minimum absolute atomic E-state index is 0.00531. The number of carbonyl (C=O) groups excluding carboxylic acids is 1. The highest BCUT2D eigenvalue weighted by atomic mass is 19.1. The van der Waals surface area contributed by atoms with Crippen LogP contribution in [0.15, 0.2) is 24.3 Å². The Hall–Kier alpha value is -3.03. The van der Waals surface area contributed by atoms with E-state index < -0.39 is 0 Å². The number of fused-ring (bicyclic) bond motifs is 1. The third-order valence-corrected chi connectivity index (χ3v) is 5.25. The maximum Gasteiger partial charge on any atom is 0.225 e. The van der Waals surface area contributed by atoms with Crippen LogP contribution in [0.25, 0.3) is 16.7 Å². The fourth-order valence-corrected chi connectivity index (χ4v) is 3.76. The molecule has 29 heavy (non-hydrogen) atoms. The molecule has 3 aromatic rings. The molecule has 3 heterocycles. The second-order valence-electron chi connectivity index (χ2n) is 7.73. The van der Waals surface area contributed by atoms with Crippen molar-refractivity contribution in [2.45, 2.75) is 27.7 Å². The van der Waals surface area contributed by atoms with Crippen molar-refractivity contribution in [2.75, 3.05) is 31.1 Å². The van der Waals surface area contributed by atoms with E-state index in [0.717, 1.165) is 22.6 Å². The van der Waals surface area contributed by atoms with Crippen molar-refractivity contribution in [3.63, 3.8) is 0 Å². The Kier molecular flexibility index (Phi) is 4.94. The van der Waals surface area contributed by atoms with Crippen molar-refractivity contribution in [3.05, 3.63) is 41.6 Å². The van der Waals surface area contributed by atoms with Crippen molar-refractivity contribution >= 4 is 22.8 Å². The number of piperazine rings is 1. The first-order chi connectivity index (χ1) is 13.8. The molecule has 0 bridgehead atoms. The van der Waals surface area contributed by atoms with Gasteiger partial charge in [-0.05, 0) is 38.1 Å². The minimum Gasteiger partial charge on any atom is -0.352 e. The molecule has 0 N–H and O–H groups in total. The maximum atomic E-state index is 13.3. The van der Waals surface area contributed by atoms with Crippen LogP contribution in [0.4, 0.5) is 10.2 Å². The van der Waals surface area contributed by atoms with E-state index >= 15 is 0 Å². The van der Waals surface area contributed by atoms with Crippen LogP contribution in [0.3, 0.4) is 0 Å². The van der Waals surface area contributed by atoms with Gasteiger partial charge in [0.1, 0.15) is 17.5 Å². The molecule has 8 heteroatoms. The Balaban J connectivity index is 1.71. The number of amides is 1. The molecule has 152 valence electrons. The molecule has 0 aliphatic carbocycles. The third kappa shape index (κ3) is 3.54. The Morgan fingerprint density at radius 3 is 2.31 bits per heavy atom. The standard InChI is InChI=1S/C21H25FN6O/c1-13(2)21(29)27-11-9-26(10-12-27)19-18-14(3)25-28(20(18)24-15(4)23-19)17-7-5-16(22)6-8-17/h5-8,13H,9-12H2,1-4H3. The molecule has 1 aliphatic rings. The van der Waals surface area contributed by atoms with Crippen molar-refractivity contribution < 1.29 is 9.18 Å². The van der Waals surface area contributed by atoms with Crippen LogP contribution in [0, 0.1) is 25.6 Å². The summed E-state index contributed by atoms with van der Waals surface area (Å²) in [4.78, 5) is 25.7. The van der Waals surface area contributed by atoms with Gasteiger partial charge < -0.3 is 9.80 Å². The SMILES string of the molecule is Cc1nc(N2CCN(C(=O)C(C)C)CC2)c2c(C)nn(-c3ccc(F)cc3)c2n1.